The minimum atomic E-state index is -0.302. The van der Waals surface area contributed by atoms with Crippen LogP contribution in [0.2, 0.25) is 0 Å². The van der Waals surface area contributed by atoms with Gasteiger partial charge in [0.2, 0.25) is 11.8 Å². The molecule has 2 aromatic heterocycles. The van der Waals surface area contributed by atoms with E-state index in [4.69, 9.17) is 9.26 Å². The van der Waals surface area contributed by atoms with Crippen LogP contribution in [0.1, 0.15) is 11.7 Å². The number of nitrogens with zero attached hydrogens (tertiary/aromatic N) is 4. The molecule has 1 N–H and O–H groups in total. The second kappa shape index (κ2) is 7.63. The normalized spacial score (nSPS) is 11.0. The summed E-state index contributed by atoms with van der Waals surface area (Å²) in [5, 5.41) is 6.61. The number of rotatable bonds is 6. The van der Waals surface area contributed by atoms with E-state index in [9.17, 15) is 9.59 Å². The molecule has 4 rings (SSSR count). The van der Waals surface area contributed by atoms with Crippen molar-refractivity contribution in [2.24, 2.45) is 7.05 Å². The van der Waals surface area contributed by atoms with Crippen LogP contribution < -0.4 is 15.7 Å². The molecule has 0 aliphatic heterocycles. The topological polar surface area (TPSA) is 104 Å². The molecule has 0 fully saturated rings. The van der Waals surface area contributed by atoms with E-state index in [0.717, 1.165) is 11.0 Å². The minimum Gasteiger partial charge on any atom is -0.495 e. The third-order valence-electron chi connectivity index (χ3n) is 4.55. The van der Waals surface area contributed by atoms with Gasteiger partial charge in [-0.15, -0.1) is 0 Å². The molecule has 0 saturated heterocycles. The van der Waals surface area contributed by atoms with Gasteiger partial charge in [0.15, 0.2) is 5.82 Å². The minimum absolute atomic E-state index is 0.0635. The van der Waals surface area contributed by atoms with Gasteiger partial charge in [-0.3, -0.25) is 13.9 Å². The van der Waals surface area contributed by atoms with Gasteiger partial charge >= 0.3 is 5.69 Å². The van der Waals surface area contributed by atoms with Crippen LogP contribution in [-0.2, 0) is 24.8 Å². The molecule has 0 radical (unpaired) electrons. The Morgan fingerprint density at radius 2 is 1.86 bits per heavy atom. The van der Waals surface area contributed by atoms with E-state index in [-0.39, 0.29) is 36.3 Å². The zero-order valence-electron chi connectivity index (χ0n) is 16.0. The van der Waals surface area contributed by atoms with E-state index in [1.54, 1.807) is 34.4 Å². The average molecular weight is 393 g/mol. The van der Waals surface area contributed by atoms with E-state index in [1.165, 1.54) is 7.11 Å². The first kappa shape index (κ1) is 18.5. The van der Waals surface area contributed by atoms with E-state index < -0.39 is 0 Å². The molecular formula is C20H19N5O4. The number of aryl methyl sites for hydroxylation is 1. The van der Waals surface area contributed by atoms with Gasteiger partial charge in [0, 0.05) is 7.05 Å². The fourth-order valence-electron chi connectivity index (χ4n) is 3.16. The fraction of sp³-hybridized carbons (Fsp3) is 0.200. The van der Waals surface area contributed by atoms with Crippen LogP contribution in [-0.4, -0.2) is 32.3 Å². The lowest BCUT2D eigenvalue weighted by molar-refractivity contribution is -0.115. The monoisotopic (exact) mass is 393 g/mol. The molecule has 0 spiro atoms. The Balaban J connectivity index is 1.49. The van der Waals surface area contributed by atoms with Crippen molar-refractivity contribution in [2.75, 3.05) is 12.4 Å². The Morgan fingerprint density at radius 1 is 1.14 bits per heavy atom. The molecule has 0 bridgehead atoms. The van der Waals surface area contributed by atoms with Gasteiger partial charge in [0.05, 0.1) is 30.3 Å². The van der Waals surface area contributed by atoms with Crippen molar-refractivity contribution in [3.8, 4) is 5.75 Å². The van der Waals surface area contributed by atoms with Crippen molar-refractivity contribution in [3.05, 3.63) is 70.7 Å². The van der Waals surface area contributed by atoms with Crippen molar-refractivity contribution >= 4 is 22.6 Å². The van der Waals surface area contributed by atoms with Crippen molar-refractivity contribution in [3.63, 3.8) is 0 Å². The average Bonchev–Trinajstić information content (AvgIpc) is 3.26. The molecule has 9 heteroatoms. The lowest BCUT2D eigenvalue weighted by atomic mass is 10.2. The van der Waals surface area contributed by atoms with Crippen molar-refractivity contribution in [2.45, 2.75) is 13.0 Å². The molecule has 2 aromatic carbocycles. The standard InChI is InChI=1S/C20H19N5O4/c1-24-14-8-4-5-9-15(14)25(20(24)27)12-19-22-17(23-29-19)11-18(26)21-13-7-3-6-10-16(13)28-2/h3-10H,11-12H2,1-2H3,(H,21,26). The third-order valence-corrected chi connectivity index (χ3v) is 4.55. The van der Waals surface area contributed by atoms with E-state index in [2.05, 4.69) is 15.5 Å². The maximum Gasteiger partial charge on any atom is 0.329 e. The quantitative estimate of drug-likeness (QED) is 0.537. The first-order valence-electron chi connectivity index (χ1n) is 8.95. The lowest BCUT2D eigenvalue weighted by Gasteiger charge is -2.08. The van der Waals surface area contributed by atoms with Crippen LogP contribution in [0.15, 0.2) is 57.8 Å². The van der Waals surface area contributed by atoms with Crippen molar-refractivity contribution in [1.82, 2.24) is 19.3 Å². The second-order valence-corrected chi connectivity index (χ2v) is 6.45. The number of hydrogen-bond acceptors (Lipinski definition) is 6. The molecule has 148 valence electrons. The summed E-state index contributed by atoms with van der Waals surface area (Å²) in [6, 6.07) is 14.6. The molecule has 2 heterocycles. The SMILES string of the molecule is COc1ccccc1NC(=O)Cc1noc(Cn2c(=O)n(C)c3ccccc32)n1. The molecule has 0 saturated carbocycles. The van der Waals surface area contributed by atoms with Crippen LogP contribution in [0, 0.1) is 0 Å². The number of ether oxygens (including phenoxy) is 1. The summed E-state index contributed by atoms with van der Waals surface area (Å²) in [7, 11) is 3.24. The van der Waals surface area contributed by atoms with E-state index >= 15 is 0 Å². The summed E-state index contributed by atoms with van der Waals surface area (Å²) in [5.41, 5.74) is 1.97. The first-order valence-corrected chi connectivity index (χ1v) is 8.95. The summed E-state index contributed by atoms with van der Waals surface area (Å²) in [4.78, 5) is 29.1. The predicted octanol–water partition coefficient (Wildman–Crippen LogP) is 1.96. The van der Waals surface area contributed by atoms with Gasteiger partial charge < -0.3 is 14.6 Å². The molecule has 0 aliphatic carbocycles. The van der Waals surface area contributed by atoms with E-state index in [1.807, 2.05) is 30.3 Å². The highest BCUT2D eigenvalue weighted by Gasteiger charge is 2.16. The van der Waals surface area contributed by atoms with Crippen LogP contribution in [0.25, 0.3) is 11.0 Å². The van der Waals surface area contributed by atoms with E-state index in [0.29, 0.717) is 11.4 Å². The summed E-state index contributed by atoms with van der Waals surface area (Å²) in [5.74, 6) is 0.749. The summed E-state index contributed by atoms with van der Waals surface area (Å²) in [6.45, 7) is 0.126. The Labute approximate surface area is 165 Å². The number of para-hydroxylation sites is 4. The zero-order chi connectivity index (χ0) is 20.4. The van der Waals surface area contributed by atoms with Gasteiger partial charge in [0.25, 0.3) is 0 Å². The highest BCUT2D eigenvalue weighted by molar-refractivity contribution is 5.93. The number of benzene rings is 2. The van der Waals surface area contributed by atoms with Crippen LogP contribution in [0.5, 0.6) is 5.75 Å². The van der Waals surface area contributed by atoms with Gasteiger partial charge in [-0.1, -0.05) is 29.4 Å². The molecule has 0 atom stereocenters. The van der Waals surface area contributed by atoms with Crippen LogP contribution in [0.4, 0.5) is 5.69 Å². The highest BCUT2D eigenvalue weighted by Crippen LogP contribution is 2.23. The summed E-state index contributed by atoms with van der Waals surface area (Å²) >= 11 is 0. The fourth-order valence-corrected chi connectivity index (χ4v) is 3.16. The number of imidazole rings is 1. The van der Waals surface area contributed by atoms with Crippen LogP contribution in [0.3, 0.4) is 0 Å². The van der Waals surface area contributed by atoms with Gasteiger partial charge in [-0.25, -0.2) is 4.79 Å². The lowest BCUT2D eigenvalue weighted by Crippen LogP contribution is -2.22. The number of nitrogens with one attached hydrogen (secondary N) is 1. The number of amides is 1. The second-order valence-electron chi connectivity index (χ2n) is 6.45. The number of carbonyl (C=O) groups is 1. The molecule has 29 heavy (non-hydrogen) atoms. The maximum atomic E-state index is 12.5. The zero-order valence-corrected chi connectivity index (χ0v) is 16.0. The number of hydrogen-bond donors (Lipinski definition) is 1. The first-order chi connectivity index (χ1) is 14.1. The molecule has 0 unspecified atom stereocenters. The van der Waals surface area contributed by atoms with Crippen LogP contribution >= 0.6 is 0 Å². The number of aromatic nitrogens is 4. The van der Waals surface area contributed by atoms with Crippen molar-refractivity contribution in [1.29, 1.82) is 0 Å². The predicted molar refractivity (Wildman–Crippen MR) is 106 cm³/mol. The number of carbonyl (C=O) groups excluding carboxylic acids is 1. The molecule has 4 aromatic rings. The molecule has 0 aliphatic rings. The van der Waals surface area contributed by atoms with Crippen molar-refractivity contribution < 1.29 is 14.1 Å². The summed E-state index contributed by atoms with van der Waals surface area (Å²) < 4.78 is 13.6. The largest absolute Gasteiger partial charge is 0.495 e. The van der Waals surface area contributed by atoms with Gasteiger partial charge in [-0.05, 0) is 24.3 Å². The van der Waals surface area contributed by atoms with Gasteiger partial charge in [0.1, 0.15) is 12.3 Å². The maximum absolute atomic E-state index is 12.5. The number of methoxy groups -OCH3 is 1. The Kier molecular flexibility index (Phi) is 4.86. The number of anilines is 1. The van der Waals surface area contributed by atoms with Gasteiger partial charge in [-0.2, -0.15) is 4.98 Å². The molecular weight excluding hydrogens is 374 g/mol. The Hall–Kier alpha value is -3.88. The highest BCUT2D eigenvalue weighted by atomic mass is 16.5. The summed E-state index contributed by atoms with van der Waals surface area (Å²) in [6.07, 6.45) is -0.0635. The Bertz CT molecular complexity index is 1240. The molecule has 9 nitrogen and oxygen atoms in total. The number of fused-ring (bicyclic) bond motifs is 1. The molecule has 1 amide bonds. The smallest absolute Gasteiger partial charge is 0.329 e. The Morgan fingerprint density at radius 3 is 2.66 bits per heavy atom. The third kappa shape index (κ3) is 3.62.